The SMILES string of the molecule is CC(C)(C)N=C(N)/C=C(\N)C1CCC(O)C1. The molecule has 0 aliphatic heterocycles. The second-order valence-electron chi connectivity index (χ2n) is 5.52. The molecule has 0 amide bonds. The van der Waals surface area contributed by atoms with E-state index in [-0.39, 0.29) is 17.6 Å². The van der Waals surface area contributed by atoms with Gasteiger partial charge in [0.1, 0.15) is 5.84 Å². The summed E-state index contributed by atoms with van der Waals surface area (Å²) in [5.41, 5.74) is 12.3. The van der Waals surface area contributed by atoms with Gasteiger partial charge in [0.25, 0.3) is 0 Å². The van der Waals surface area contributed by atoms with Crippen molar-refractivity contribution in [3.05, 3.63) is 11.8 Å². The van der Waals surface area contributed by atoms with Gasteiger partial charge in [0.2, 0.25) is 0 Å². The summed E-state index contributed by atoms with van der Waals surface area (Å²) in [5, 5.41) is 9.42. The maximum atomic E-state index is 9.42. The molecule has 4 nitrogen and oxygen atoms in total. The van der Waals surface area contributed by atoms with Gasteiger partial charge in [0.05, 0.1) is 11.6 Å². The van der Waals surface area contributed by atoms with Crippen LogP contribution in [0.25, 0.3) is 0 Å². The lowest BCUT2D eigenvalue weighted by atomic mass is 10.0. The van der Waals surface area contributed by atoms with Crippen LogP contribution in [-0.4, -0.2) is 22.6 Å². The Hall–Kier alpha value is -1.03. The number of nitrogens with zero attached hydrogens (tertiary/aromatic N) is 1. The number of aliphatic hydroxyl groups is 1. The number of allylic oxidation sites excluding steroid dienone is 1. The number of hydrogen-bond donors (Lipinski definition) is 3. The number of rotatable bonds is 2. The van der Waals surface area contributed by atoms with Gasteiger partial charge in [-0.15, -0.1) is 0 Å². The lowest BCUT2D eigenvalue weighted by Crippen LogP contribution is -2.21. The van der Waals surface area contributed by atoms with Crippen LogP contribution in [0.5, 0.6) is 0 Å². The molecule has 0 aromatic heterocycles. The van der Waals surface area contributed by atoms with Crippen molar-refractivity contribution in [2.24, 2.45) is 22.4 Å². The highest BCUT2D eigenvalue weighted by Gasteiger charge is 2.24. The fourth-order valence-electron chi connectivity index (χ4n) is 1.97. The average Bonchev–Trinajstić information content (AvgIpc) is 2.47. The monoisotopic (exact) mass is 225 g/mol. The minimum Gasteiger partial charge on any atom is -0.402 e. The molecule has 0 aromatic carbocycles. The van der Waals surface area contributed by atoms with Crippen molar-refractivity contribution < 1.29 is 5.11 Å². The minimum absolute atomic E-state index is 0.184. The summed E-state index contributed by atoms with van der Waals surface area (Å²) in [4.78, 5) is 4.32. The van der Waals surface area contributed by atoms with Crippen LogP contribution in [0.2, 0.25) is 0 Å². The Labute approximate surface area is 97.4 Å². The zero-order valence-corrected chi connectivity index (χ0v) is 10.4. The van der Waals surface area contributed by atoms with Crippen LogP contribution in [0.1, 0.15) is 40.0 Å². The first-order valence-electron chi connectivity index (χ1n) is 5.78. The maximum absolute atomic E-state index is 9.42. The zero-order chi connectivity index (χ0) is 12.3. The van der Waals surface area contributed by atoms with Crippen molar-refractivity contribution in [3.8, 4) is 0 Å². The molecule has 0 aromatic rings. The van der Waals surface area contributed by atoms with E-state index in [0.29, 0.717) is 5.84 Å². The Kier molecular flexibility index (Phi) is 3.97. The highest BCUT2D eigenvalue weighted by molar-refractivity contribution is 5.92. The van der Waals surface area contributed by atoms with Crippen molar-refractivity contribution in [1.82, 2.24) is 0 Å². The van der Waals surface area contributed by atoms with Crippen LogP contribution in [-0.2, 0) is 0 Å². The quantitative estimate of drug-likeness (QED) is 0.487. The second kappa shape index (κ2) is 4.87. The highest BCUT2D eigenvalue weighted by atomic mass is 16.3. The average molecular weight is 225 g/mol. The van der Waals surface area contributed by atoms with Crippen LogP contribution in [0.3, 0.4) is 0 Å². The fraction of sp³-hybridized carbons (Fsp3) is 0.750. The predicted molar refractivity (Wildman–Crippen MR) is 67.0 cm³/mol. The molecule has 2 atom stereocenters. The van der Waals surface area contributed by atoms with Gasteiger partial charge in [-0.3, -0.25) is 4.99 Å². The summed E-state index contributed by atoms with van der Waals surface area (Å²) in [6.07, 6.45) is 4.03. The summed E-state index contributed by atoms with van der Waals surface area (Å²) < 4.78 is 0. The Balaban J connectivity index is 2.66. The van der Waals surface area contributed by atoms with Gasteiger partial charge in [-0.25, -0.2) is 0 Å². The summed E-state index contributed by atoms with van der Waals surface area (Å²) >= 11 is 0. The van der Waals surface area contributed by atoms with E-state index in [4.69, 9.17) is 11.5 Å². The first-order valence-corrected chi connectivity index (χ1v) is 5.78. The molecule has 0 radical (unpaired) electrons. The number of aliphatic hydroxyl groups excluding tert-OH is 1. The molecule has 1 saturated carbocycles. The van der Waals surface area contributed by atoms with Gasteiger partial charge < -0.3 is 16.6 Å². The highest BCUT2D eigenvalue weighted by Crippen LogP contribution is 2.29. The molecular weight excluding hydrogens is 202 g/mol. The van der Waals surface area contributed by atoms with Gasteiger partial charge in [0.15, 0.2) is 0 Å². The molecule has 92 valence electrons. The normalized spacial score (nSPS) is 28.5. The minimum atomic E-state index is -0.210. The second-order valence-corrected chi connectivity index (χ2v) is 5.52. The molecule has 2 unspecified atom stereocenters. The Morgan fingerprint density at radius 3 is 2.38 bits per heavy atom. The summed E-state index contributed by atoms with van der Waals surface area (Å²) in [7, 11) is 0. The largest absolute Gasteiger partial charge is 0.402 e. The van der Waals surface area contributed by atoms with Crippen molar-refractivity contribution in [2.75, 3.05) is 0 Å². The Morgan fingerprint density at radius 2 is 1.94 bits per heavy atom. The molecule has 0 bridgehead atoms. The van der Waals surface area contributed by atoms with Crippen LogP contribution < -0.4 is 11.5 Å². The molecule has 0 saturated heterocycles. The summed E-state index contributed by atoms with van der Waals surface area (Å²) in [6.45, 7) is 5.97. The molecule has 1 rings (SSSR count). The molecule has 0 spiro atoms. The van der Waals surface area contributed by atoms with Gasteiger partial charge in [0, 0.05) is 11.6 Å². The molecule has 1 aliphatic rings. The third-order valence-electron chi connectivity index (χ3n) is 2.66. The Bertz CT molecular complexity index is 302. The number of nitrogens with two attached hydrogens (primary N) is 2. The molecule has 16 heavy (non-hydrogen) atoms. The van der Waals surface area contributed by atoms with E-state index in [9.17, 15) is 5.11 Å². The Morgan fingerprint density at radius 1 is 1.31 bits per heavy atom. The third-order valence-corrected chi connectivity index (χ3v) is 2.66. The fourth-order valence-corrected chi connectivity index (χ4v) is 1.97. The topological polar surface area (TPSA) is 84.6 Å². The molecule has 5 N–H and O–H groups in total. The third kappa shape index (κ3) is 4.23. The van der Waals surface area contributed by atoms with Gasteiger partial charge in [-0.2, -0.15) is 0 Å². The van der Waals surface area contributed by atoms with Crippen LogP contribution >= 0.6 is 0 Å². The van der Waals surface area contributed by atoms with Crippen molar-refractivity contribution >= 4 is 5.84 Å². The summed E-state index contributed by atoms with van der Waals surface area (Å²) in [6, 6.07) is 0. The zero-order valence-electron chi connectivity index (χ0n) is 10.4. The van der Waals surface area contributed by atoms with E-state index in [1.54, 1.807) is 6.08 Å². The van der Waals surface area contributed by atoms with Gasteiger partial charge in [-0.1, -0.05) is 0 Å². The predicted octanol–water partition coefficient (Wildman–Crippen LogP) is 1.15. The van der Waals surface area contributed by atoms with Gasteiger partial charge >= 0.3 is 0 Å². The van der Waals surface area contributed by atoms with Crippen LogP contribution in [0.15, 0.2) is 16.8 Å². The standard InChI is InChI=1S/C12H23N3O/c1-12(2,3)15-11(14)7-10(13)8-4-5-9(16)6-8/h7-9,16H,4-6,13H2,1-3H3,(H2,14,15)/b10-7-. The van der Waals surface area contributed by atoms with Crippen molar-refractivity contribution in [2.45, 2.75) is 51.7 Å². The number of amidine groups is 1. The van der Waals surface area contributed by atoms with E-state index < -0.39 is 0 Å². The molecular formula is C12H23N3O. The van der Waals surface area contributed by atoms with Crippen LogP contribution in [0.4, 0.5) is 0 Å². The van der Waals surface area contributed by atoms with E-state index >= 15 is 0 Å². The van der Waals surface area contributed by atoms with Crippen LogP contribution in [0, 0.1) is 5.92 Å². The molecule has 0 heterocycles. The summed E-state index contributed by atoms with van der Waals surface area (Å²) in [5.74, 6) is 0.718. The van der Waals surface area contributed by atoms with Crippen molar-refractivity contribution in [3.63, 3.8) is 0 Å². The smallest absolute Gasteiger partial charge is 0.120 e. The van der Waals surface area contributed by atoms with Gasteiger partial charge in [-0.05, 0) is 46.1 Å². The van der Waals surface area contributed by atoms with Crippen molar-refractivity contribution in [1.29, 1.82) is 0 Å². The number of aliphatic imine (C=N–C) groups is 1. The van der Waals surface area contributed by atoms with E-state index in [1.165, 1.54) is 0 Å². The first-order chi connectivity index (χ1) is 7.28. The van der Waals surface area contributed by atoms with E-state index in [2.05, 4.69) is 4.99 Å². The molecule has 4 heteroatoms. The number of hydrogen-bond acceptors (Lipinski definition) is 3. The maximum Gasteiger partial charge on any atom is 0.120 e. The van der Waals surface area contributed by atoms with E-state index in [0.717, 1.165) is 25.0 Å². The van der Waals surface area contributed by atoms with E-state index in [1.807, 2.05) is 20.8 Å². The first kappa shape index (κ1) is 13.0. The lowest BCUT2D eigenvalue weighted by molar-refractivity contribution is 0.179. The molecule has 1 fully saturated rings. The lowest BCUT2D eigenvalue weighted by Gasteiger charge is -2.14. The molecule has 1 aliphatic carbocycles.